The fourth-order valence-electron chi connectivity index (χ4n) is 4.90. The Kier molecular flexibility index (Phi) is 4.00. The van der Waals surface area contributed by atoms with Gasteiger partial charge in [-0.2, -0.15) is 0 Å². The summed E-state index contributed by atoms with van der Waals surface area (Å²) in [6, 6.07) is 12.8. The maximum absolute atomic E-state index is 11.6. The molecule has 30 heavy (non-hydrogen) atoms. The SMILES string of the molecule is C[C@@]1(c2ccccc2[N+](=O)[O-])O[C@H]2CO[C@@H]3N2[C@H]1O[C@]3(C)c1ccccc1[N+](=O)[O-]. The number of nitro groups is 2. The molecule has 3 heterocycles. The Morgan fingerprint density at radius 3 is 1.90 bits per heavy atom. The van der Waals surface area contributed by atoms with Gasteiger partial charge < -0.3 is 14.2 Å². The fourth-order valence-corrected chi connectivity index (χ4v) is 4.90. The van der Waals surface area contributed by atoms with E-state index >= 15 is 0 Å². The molecule has 2 aromatic rings. The Morgan fingerprint density at radius 2 is 1.37 bits per heavy atom. The zero-order valence-corrected chi connectivity index (χ0v) is 16.3. The predicted molar refractivity (Wildman–Crippen MR) is 102 cm³/mol. The van der Waals surface area contributed by atoms with Crippen LogP contribution in [0.5, 0.6) is 0 Å². The highest BCUT2D eigenvalue weighted by Gasteiger charge is 2.69. The average Bonchev–Trinajstić information content (AvgIpc) is 3.36. The smallest absolute Gasteiger partial charge is 0.275 e. The van der Waals surface area contributed by atoms with Crippen molar-refractivity contribution in [3.05, 3.63) is 79.9 Å². The molecule has 0 unspecified atom stereocenters. The van der Waals surface area contributed by atoms with E-state index in [9.17, 15) is 20.2 Å². The molecule has 0 N–H and O–H groups in total. The fraction of sp³-hybridized carbons (Fsp3) is 0.400. The van der Waals surface area contributed by atoms with Gasteiger partial charge in [-0.15, -0.1) is 0 Å². The van der Waals surface area contributed by atoms with Gasteiger partial charge in [0, 0.05) is 12.1 Å². The molecule has 0 saturated carbocycles. The molecular formula is C20H19N3O7. The quantitative estimate of drug-likeness (QED) is 0.555. The first-order chi connectivity index (χ1) is 14.3. The van der Waals surface area contributed by atoms with Crippen molar-refractivity contribution in [1.29, 1.82) is 0 Å². The topological polar surface area (TPSA) is 117 Å². The molecular weight excluding hydrogens is 394 g/mol. The molecule has 3 aliphatic heterocycles. The molecule has 3 fully saturated rings. The van der Waals surface area contributed by atoms with Crippen LogP contribution in [0.15, 0.2) is 48.5 Å². The van der Waals surface area contributed by atoms with Gasteiger partial charge in [0.05, 0.1) is 27.6 Å². The largest absolute Gasteiger partial charge is 0.355 e. The number of ether oxygens (including phenoxy) is 3. The van der Waals surface area contributed by atoms with E-state index in [0.717, 1.165) is 0 Å². The van der Waals surface area contributed by atoms with Gasteiger partial charge in [-0.1, -0.05) is 24.3 Å². The number of rotatable bonds is 4. The zero-order chi connectivity index (χ0) is 21.3. The van der Waals surface area contributed by atoms with Crippen molar-refractivity contribution in [2.75, 3.05) is 6.61 Å². The Bertz CT molecular complexity index is 1000. The van der Waals surface area contributed by atoms with Crippen LogP contribution in [0.1, 0.15) is 25.0 Å². The maximum atomic E-state index is 11.6. The molecule has 0 aromatic heterocycles. The highest BCUT2D eigenvalue weighted by Crippen LogP contribution is 2.57. The lowest BCUT2D eigenvalue weighted by Gasteiger charge is -2.32. The van der Waals surface area contributed by atoms with Gasteiger partial charge in [0.2, 0.25) is 0 Å². The zero-order valence-electron chi connectivity index (χ0n) is 16.3. The van der Waals surface area contributed by atoms with Crippen LogP contribution < -0.4 is 0 Å². The molecule has 0 aliphatic carbocycles. The molecule has 3 aliphatic rings. The van der Waals surface area contributed by atoms with Crippen molar-refractivity contribution in [2.45, 2.75) is 43.7 Å². The van der Waals surface area contributed by atoms with Crippen LogP contribution in [-0.4, -0.2) is 40.0 Å². The number of nitro benzene ring substituents is 2. The van der Waals surface area contributed by atoms with E-state index in [0.29, 0.717) is 11.1 Å². The third-order valence-corrected chi connectivity index (χ3v) is 6.22. The van der Waals surface area contributed by atoms with Crippen LogP contribution in [0.25, 0.3) is 0 Å². The first-order valence-electron chi connectivity index (χ1n) is 9.50. The van der Waals surface area contributed by atoms with Crippen LogP contribution in [0, 0.1) is 20.2 Å². The lowest BCUT2D eigenvalue weighted by Crippen LogP contribution is -2.40. The van der Waals surface area contributed by atoms with E-state index in [2.05, 4.69) is 0 Å². The van der Waals surface area contributed by atoms with Crippen LogP contribution >= 0.6 is 0 Å². The number of benzene rings is 2. The molecule has 2 aromatic carbocycles. The average molecular weight is 413 g/mol. The van der Waals surface area contributed by atoms with Crippen molar-refractivity contribution in [1.82, 2.24) is 4.90 Å². The second-order valence-electron chi connectivity index (χ2n) is 7.94. The summed E-state index contributed by atoms with van der Waals surface area (Å²) in [5.74, 6) is 0. The van der Waals surface area contributed by atoms with Crippen molar-refractivity contribution >= 4 is 11.4 Å². The molecule has 3 saturated heterocycles. The van der Waals surface area contributed by atoms with E-state index in [4.69, 9.17) is 14.2 Å². The first kappa shape index (κ1) is 19.1. The molecule has 10 heteroatoms. The summed E-state index contributed by atoms with van der Waals surface area (Å²) in [5.41, 5.74) is -1.67. The number of hydrogen-bond donors (Lipinski definition) is 0. The van der Waals surface area contributed by atoms with E-state index in [1.54, 1.807) is 50.2 Å². The standard InChI is InChI=1S/C20H19N3O7/c1-19(12-7-3-5-9-14(12)22(24)25)17-21-16(11-28-17)29-20(2,18(21)30-19)13-8-4-6-10-15(13)23(26)27/h3-10,16-18H,11H2,1-2H3/t16-,17-,18-,19+,20-/m0/s1. The van der Waals surface area contributed by atoms with E-state index in [1.165, 1.54) is 12.1 Å². The molecule has 5 rings (SSSR count). The molecule has 5 atom stereocenters. The normalized spacial score (nSPS) is 34.8. The number of nitrogens with zero attached hydrogens (tertiary/aromatic N) is 3. The monoisotopic (exact) mass is 413 g/mol. The predicted octanol–water partition coefficient (Wildman–Crippen LogP) is 3.00. The second kappa shape index (κ2) is 6.29. The molecule has 0 amide bonds. The molecule has 0 bridgehead atoms. The first-order valence-corrected chi connectivity index (χ1v) is 9.50. The summed E-state index contributed by atoms with van der Waals surface area (Å²) in [7, 11) is 0. The molecule has 0 radical (unpaired) electrons. The summed E-state index contributed by atoms with van der Waals surface area (Å²) >= 11 is 0. The van der Waals surface area contributed by atoms with Crippen LogP contribution in [-0.2, 0) is 25.4 Å². The minimum Gasteiger partial charge on any atom is -0.355 e. The summed E-state index contributed by atoms with van der Waals surface area (Å²) in [4.78, 5) is 24.3. The van der Waals surface area contributed by atoms with Gasteiger partial charge in [0.15, 0.2) is 0 Å². The van der Waals surface area contributed by atoms with Crippen molar-refractivity contribution in [2.24, 2.45) is 0 Å². The molecule has 0 spiro atoms. The van der Waals surface area contributed by atoms with E-state index in [-0.39, 0.29) is 18.0 Å². The van der Waals surface area contributed by atoms with Crippen molar-refractivity contribution in [3.8, 4) is 0 Å². The van der Waals surface area contributed by atoms with Gasteiger partial charge in [-0.05, 0) is 26.0 Å². The highest BCUT2D eigenvalue weighted by atomic mass is 16.7. The molecule has 156 valence electrons. The number of hydrogen-bond acceptors (Lipinski definition) is 8. The summed E-state index contributed by atoms with van der Waals surface area (Å²) in [6.45, 7) is 3.73. The van der Waals surface area contributed by atoms with E-state index in [1.807, 2.05) is 4.90 Å². The molecule has 10 nitrogen and oxygen atoms in total. The van der Waals surface area contributed by atoms with E-state index < -0.39 is 39.7 Å². The van der Waals surface area contributed by atoms with Gasteiger partial charge >= 0.3 is 0 Å². The van der Waals surface area contributed by atoms with Crippen LogP contribution in [0.4, 0.5) is 11.4 Å². The highest BCUT2D eigenvalue weighted by molar-refractivity contribution is 5.47. The Hall–Kier alpha value is -2.92. The van der Waals surface area contributed by atoms with Crippen molar-refractivity contribution in [3.63, 3.8) is 0 Å². The number of para-hydroxylation sites is 2. The van der Waals surface area contributed by atoms with Crippen LogP contribution in [0.3, 0.4) is 0 Å². The third kappa shape index (κ3) is 2.39. The van der Waals surface area contributed by atoms with Crippen LogP contribution in [0.2, 0.25) is 0 Å². The summed E-state index contributed by atoms with van der Waals surface area (Å²) < 4.78 is 18.6. The maximum Gasteiger partial charge on any atom is 0.275 e. The van der Waals surface area contributed by atoms with Gasteiger partial charge in [0.25, 0.3) is 11.4 Å². The third-order valence-electron chi connectivity index (χ3n) is 6.22. The summed E-state index contributed by atoms with van der Waals surface area (Å²) in [6.07, 6.45) is -1.83. The van der Waals surface area contributed by atoms with Crippen molar-refractivity contribution < 1.29 is 24.1 Å². The summed E-state index contributed by atoms with van der Waals surface area (Å²) in [5, 5.41) is 23.3. The second-order valence-corrected chi connectivity index (χ2v) is 7.94. The Morgan fingerprint density at radius 1 is 0.867 bits per heavy atom. The van der Waals surface area contributed by atoms with Gasteiger partial charge in [0.1, 0.15) is 29.9 Å². The Labute approximate surface area is 171 Å². The Balaban J connectivity index is 1.63. The minimum atomic E-state index is -1.16. The van der Waals surface area contributed by atoms with Gasteiger partial charge in [-0.25, -0.2) is 4.90 Å². The lowest BCUT2D eigenvalue weighted by molar-refractivity contribution is -0.387. The van der Waals surface area contributed by atoms with Gasteiger partial charge in [-0.3, -0.25) is 20.2 Å². The minimum absolute atomic E-state index is 0.0680. The lowest BCUT2D eigenvalue weighted by atomic mass is 9.92.